The molecule has 4 heteroatoms. The van der Waals surface area contributed by atoms with Crippen molar-refractivity contribution in [2.24, 2.45) is 0 Å². The van der Waals surface area contributed by atoms with E-state index in [0.29, 0.717) is 5.88 Å². The fourth-order valence-corrected chi connectivity index (χ4v) is 2.67. The van der Waals surface area contributed by atoms with Gasteiger partial charge in [0.2, 0.25) is 0 Å². The lowest BCUT2D eigenvalue weighted by atomic mass is 10.1. The van der Waals surface area contributed by atoms with Crippen molar-refractivity contribution in [1.82, 2.24) is 14.5 Å². The average Bonchev–Trinajstić information content (AvgIpc) is 3.05. The third kappa shape index (κ3) is 3.04. The fraction of sp³-hybridized carbons (Fsp3) is 0.222. The van der Waals surface area contributed by atoms with Crippen LogP contribution in [0.5, 0.6) is 0 Å². The maximum absolute atomic E-state index is 5.83. The highest BCUT2D eigenvalue weighted by atomic mass is 35.5. The minimum atomic E-state index is 0.533. The summed E-state index contributed by atoms with van der Waals surface area (Å²) in [4.78, 5) is 8.77. The van der Waals surface area contributed by atoms with E-state index in [0.717, 1.165) is 35.3 Å². The van der Waals surface area contributed by atoms with Crippen molar-refractivity contribution in [2.75, 3.05) is 0 Å². The second kappa shape index (κ2) is 6.75. The molecule has 22 heavy (non-hydrogen) atoms. The fourth-order valence-electron chi connectivity index (χ4n) is 2.50. The van der Waals surface area contributed by atoms with Gasteiger partial charge in [0.05, 0.1) is 23.9 Å². The molecule has 0 saturated carbocycles. The summed E-state index contributed by atoms with van der Waals surface area (Å²) in [5.41, 5.74) is 5.54. The molecule has 0 saturated heterocycles. The number of halogens is 1. The Kier molecular flexibility index (Phi) is 4.54. The highest BCUT2D eigenvalue weighted by Crippen LogP contribution is 2.21. The molecule has 0 amide bonds. The highest BCUT2D eigenvalue weighted by Gasteiger charge is 2.07. The zero-order valence-corrected chi connectivity index (χ0v) is 13.3. The molecule has 2 heterocycles. The van der Waals surface area contributed by atoms with Gasteiger partial charge in [0.1, 0.15) is 0 Å². The Morgan fingerprint density at radius 3 is 2.68 bits per heavy atom. The summed E-state index contributed by atoms with van der Waals surface area (Å²) in [5.74, 6) is 0.533. The van der Waals surface area contributed by atoms with Gasteiger partial charge in [-0.05, 0) is 23.6 Å². The van der Waals surface area contributed by atoms with E-state index in [1.807, 2.05) is 41.6 Å². The van der Waals surface area contributed by atoms with E-state index in [1.165, 1.54) is 5.56 Å². The molecule has 3 aromatic rings. The van der Waals surface area contributed by atoms with E-state index in [2.05, 4.69) is 35.1 Å². The number of pyridine rings is 1. The average molecular weight is 312 g/mol. The van der Waals surface area contributed by atoms with Crippen molar-refractivity contribution in [2.45, 2.75) is 25.6 Å². The summed E-state index contributed by atoms with van der Waals surface area (Å²) in [6.07, 6.45) is 9.78. The molecule has 1 aromatic carbocycles. The van der Waals surface area contributed by atoms with Crippen LogP contribution in [0.25, 0.3) is 16.9 Å². The SMILES string of the molecule is CCCc1ccncc1-n1cnc(-c2ccc(CCl)cc2)c1. The molecule has 0 atom stereocenters. The van der Waals surface area contributed by atoms with E-state index < -0.39 is 0 Å². The molecule has 0 fully saturated rings. The lowest BCUT2D eigenvalue weighted by Crippen LogP contribution is -1.98. The Morgan fingerprint density at radius 1 is 1.14 bits per heavy atom. The van der Waals surface area contributed by atoms with Crippen molar-refractivity contribution in [3.63, 3.8) is 0 Å². The van der Waals surface area contributed by atoms with Crippen LogP contribution in [0.2, 0.25) is 0 Å². The van der Waals surface area contributed by atoms with E-state index in [1.54, 1.807) is 0 Å². The maximum Gasteiger partial charge on any atom is 0.1000 e. The molecular formula is C18H18ClN3. The Hall–Kier alpha value is -2.13. The molecule has 0 aliphatic carbocycles. The molecule has 0 spiro atoms. The minimum absolute atomic E-state index is 0.533. The number of alkyl halides is 1. The summed E-state index contributed by atoms with van der Waals surface area (Å²) < 4.78 is 2.04. The number of imidazole rings is 1. The van der Waals surface area contributed by atoms with Gasteiger partial charge in [-0.2, -0.15) is 0 Å². The van der Waals surface area contributed by atoms with Gasteiger partial charge >= 0.3 is 0 Å². The van der Waals surface area contributed by atoms with Gasteiger partial charge in [-0.15, -0.1) is 11.6 Å². The largest absolute Gasteiger partial charge is 0.304 e. The first-order valence-electron chi connectivity index (χ1n) is 7.44. The molecule has 0 N–H and O–H groups in total. The van der Waals surface area contributed by atoms with Crippen LogP contribution in [0.15, 0.2) is 55.2 Å². The van der Waals surface area contributed by atoms with Gasteiger partial charge < -0.3 is 4.57 Å². The first kappa shape index (κ1) is 14.8. The number of aryl methyl sites for hydroxylation is 1. The summed E-state index contributed by atoms with van der Waals surface area (Å²) in [6.45, 7) is 2.18. The third-order valence-corrected chi connectivity index (χ3v) is 3.98. The second-order valence-corrected chi connectivity index (χ2v) is 5.52. The second-order valence-electron chi connectivity index (χ2n) is 5.25. The van der Waals surface area contributed by atoms with Crippen LogP contribution in [0.4, 0.5) is 0 Å². The van der Waals surface area contributed by atoms with E-state index in [4.69, 9.17) is 11.6 Å². The normalized spacial score (nSPS) is 10.8. The number of rotatable bonds is 5. The van der Waals surface area contributed by atoms with Crippen LogP contribution in [0.3, 0.4) is 0 Å². The van der Waals surface area contributed by atoms with Gasteiger partial charge in [0, 0.05) is 23.8 Å². The van der Waals surface area contributed by atoms with Crippen LogP contribution < -0.4 is 0 Å². The van der Waals surface area contributed by atoms with E-state index >= 15 is 0 Å². The van der Waals surface area contributed by atoms with Gasteiger partial charge in [-0.3, -0.25) is 4.98 Å². The molecule has 3 nitrogen and oxygen atoms in total. The predicted octanol–water partition coefficient (Wildman–Crippen LogP) is 4.63. The van der Waals surface area contributed by atoms with E-state index in [-0.39, 0.29) is 0 Å². The van der Waals surface area contributed by atoms with Gasteiger partial charge in [-0.1, -0.05) is 37.6 Å². The van der Waals surface area contributed by atoms with Gasteiger partial charge in [-0.25, -0.2) is 4.98 Å². The van der Waals surface area contributed by atoms with Crippen molar-refractivity contribution >= 4 is 11.6 Å². The summed E-state index contributed by atoms with van der Waals surface area (Å²) in [5, 5.41) is 0. The quantitative estimate of drug-likeness (QED) is 0.643. The maximum atomic E-state index is 5.83. The molecule has 112 valence electrons. The van der Waals surface area contributed by atoms with Crippen molar-refractivity contribution in [1.29, 1.82) is 0 Å². The third-order valence-electron chi connectivity index (χ3n) is 3.67. The monoisotopic (exact) mass is 311 g/mol. The molecule has 3 rings (SSSR count). The number of aromatic nitrogens is 3. The van der Waals surface area contributed by atoms with Crippen molar-refractivity contribution < 1.29 is 0 Å². The van der Waals surface area contributed by atoms with Crippen LogP contribution in [-0.4, -0.2) is 14.5 Å². The molecule has 0 radical (unpaired) electrons. The molecule has 0 aliphatic rings. The zero-order chi connectivity index (χ0) is 15.4. The number of benzene rings is 1. The van der Waals surface area contributed by atoms with Gasteiger partial charge in [0.25, 0.3) is 0 Å². The number of hydrogen-bond acceptors (Lipinski definition) is 2. The van der Waals surface area contributed by atoms with Crippen LogP contribution in [0, 0.1) is 0 Å². The molecule has 0 bridgehead atoms. The Balaban J connectivity index is 1.93. The van der Waals surface area contributed by atoms with Crippen molar-refractivity contribution in [3.8, 4) is 16.9 Å². The smallest absolute Gasteiger partial charge is 0.1000 e. The minimum Gasteiger partial charge on any atom is -0.304 e. The molecule has 2 aromatic heterocycles. The van der Waals surface area contributed by atoms with Crippen LogP contribution in [0.1, 0.15) is 24.5 Å². The van der Waals surface area contributed by atoms with Crippen molar-refractivity contribution in [3.05, 3.63) is 66.4 Å². The Bertz CT molecular complexity index is 747. The number of hydrogen-bond donors (Lipinski definition) is 0. The molecule has 0 aliphatic heterocycles. The Morgan fingerprint density at radius 2 is 1.95 bits per heavy atom. The van der Waals surface area contributed by atoms with Crippen LogP contribution >= 0.6 is 11.6 Å². The predicted molar refractivity (Wildman–Crippen MR) is 90.3 cm³/mol. The topological polar surface area (TPSA) is 30.7 Å². The number of nitrogens with zero attached hydrogens (tertiary/aromatic N) is 3. The van der Waals surface area contributed by atoms with E-state index in [9.17, 15) is 0 Å². The standard InChI is InChI=1S/C18H18ClN3/c1-2-3-16-8-9-20-11-18(16)22-12-17(21-13-22)15-6-4-14(10-19)5-7-15/h4-9,11-13H,2-3,10H2,1H3. The summed E-state index contributed by atoms with van der Waals surface area (Å²) in [7, 11) is 0. The lowest BCUT2D eigenvalue weighted by Gasteiger charge is -2.08. The summed E-state index contributed by atoms with van der Waals surface area (Å²) in [6, 6.07) is 10.3. The van der Waals surface area contributed by atoms with Gasteiger partial charge in [0.15, 0.2) is 0 Å². The first-order chi connectivity index (χ1) is 10.8. The Labute approximate surface area is 135 Å². The summed E-state index contributed by atoms with van der Waals surface area (Å²) >= 11 is 5.83. The molecule has 0 unspecified atom stereocenters. The first-order valence-corrected chi connectivity index (χ1v) is 7.97. The molecular weight excluding hydrogens is 294 g/mol. The van der Waals surface area contributed by atoms with Crippen LogP contribution in [-0.2, 0) is 12.3 Å². The zero-order valence-electron chi connectivity index (χ0n) is 12.5. The lowest BCUT2D eigenvalue weighted by molar-refractivity contribution is 0.891. The highest BCUT2D eigenvalue weighted by molar-refractivity contribution is 6.17.